The molecule has 5 nitrogen and oxygen atoms in total. The van der Waals surface area contributed by atoms with Crippen molar-refractivity contribution in [3.05, 3.63) is 82.4 Å². The highest BCUT2D eigenvalue weighted by atomic mass is 35.5. The fourth-order valence-corrected chi connectivity index (χ4v) is 2.56. The Morgan fingerprint density at radius 3 is 2.60 bits per heavy atom. The van der Waals surface area contributed by atoms with Crippen LogP contribution >= 0.6 is 23.2 Å². The van der Waals surface area contributed by atoms with E-state index in [0.717, 1.165) is 11.4 Å². The lowest BCUT2D eigenvalue weighted by Gasteiger charge is -2.08. The lowest BCUT2D eigenvalue weighted by Crippen LogP contribution is -2.14. The molecule has 0 saturated carbocycles. The molecule has 0 fully saturated rings. The van der Waals surface area contributed by atoms with Gasteiger partial charge in [0.25, 0.3) is 5.91 Å². The zero-order valence-electron chi connectivity index (χ0n) is 13.0. The van der Waals surface area contributed by atoms with Crippen molar-refractivity contribution in [1.82, 2.24) is 9.97 Å². The predicted octanol–water partition coefficient (Wildman–Crippen LogP) is 4.65. The van der Waals surface area contributed by atoms with E-state index >= 15 is 0 Å². The molecule has 0 unspecified atom stereocenters. The molecule has 0 saturated heterocycles. The third-order valence-electron chi connectivity index (χ3n) is 3.38. The summed E-state index contributed by atoms with van der Waals surface area (Å²) in [6, 6.07) is 14.0. The number of aromatic nitrogens is 2. The van der Waals surface area contributed by atoms with Gasteiger partial charge in [0.15, 0.2) is 0 Å². The molecular formula is C18H14Cl2N4O. The van der Waals surface area contributed by atoms with Crippen molar-refractivity contribution in [3.63, 3.8) is 0 Å². The van der Waals surface area contributed by atoms with Gasteiger partial charge in [0, 0.05) is 11.2 Å². The van der Waals surface area contributed by atoms with Gasteiger partial charge in [-0.05, 0) is 42.5 Å². The zero-order chi connectivity index (χ0) is 17.6. The number of nitrogens with one attached hydrogen (secondary N) is 2. The van der Waals surface area contributed by atoms with E-state index in [0.29, 0.717) is 22.3 Å². The van der Waals surface area contributed by atoms with Gasteiger partial charge in [-0.15, -0.1) is 0 Å². The molecule has 1 amide bonds. The molecule has 7 heteroatoms. The van der Waals surface area contributed by atoms with Crippen molar-refractivity contribution in [1.29, 1.82) is 0 Å². The zero-order valence-corrected chi connectivity index (χ0v) is 14.6. The molecule has 0 spiro atoms. The number of halogens is 2. The van der Waals surface area contributed by atoms with Gasteiger partial charge in [-0.2, -0.15) is 0 Å². The van der Waals surface area contributed by atoms with Crippen molar-refractivity contribution >= 4 is 40.5 Å². The monoisotopic (exact) mass is 372 g/mol. The second-order valence-electron chi connectivity index (χ2n) is 5.19. The largest absolute Gasteiger partial charge is 0.378 e. The van der Waals surface area contributed by atoms with Crippen LogP contribution in [0.25, 0.3) is 0 Å². The van der Waals surface area contributed by atoms with Gasteiger partial charge in [-0.1, -0.05) is 29.3 Å². The van der Waals surface area contributed by atoms with Crippen LogP contribution < -0.4 is 10.6 Å². The quantitative estimate of drug-likeness (QED) is 0.683. The first kappa shape index (κ1) is 17.2. The molecule has 0 radical (unpaired) electrons. The van der Waals surface area contributed by atoms with Crippen molar-refractivity contribution in [2.24, 2.45) is 0 Å². The van der Waals surface area contributed by atoms with Crippen LogP contribution in [0.2, 0.25) is 10.0 Å². The lowest BCUT2D eigenvalue weighted by molar-refractivity contribution is 0.102. The number of amides is 1. The van der Waals surface area contributed by atoms with Gasteiger partial charge < -0.3 is 10.6 Å². The predicted molar refractivity (Wildman–Crippen MR) is 100 cm³/mol. The Morgan fingerprint density at radius 2 is 1.92 bits per heavy atom. The first-order chi connectivity index (χ1) is 12.1. The van der Waals surface area contributed by atoms with Gasteiger partial charge in [0.1, 0.15) is 5.69 Å². The summed E-state index contributed by atoms with van der Waals surface area (Å²) in [7, 11) is 0. The van der Waals surface area contributed by atoms with E-state index in [1.165, 1.54) is 0 Å². The highest BCUT2D eigenvalue weighted by Gasteiger charge is 2.10. The van der Waals surface area contributed by atoms with Gasteiger partial charge >= 0.3 is 0 Å². The summed E-state index contributed by atoms with van der Waals surface area (Å²) >= 11 is 11.9. The Hall–Kier alpha value is -2.63. The van der Waals surface area contributed by atoms with Crippen LogP contribution in [0.1, 0.15) is 16.2 Å². The standard InChI is InChI=1S/C18H14Cl2N4O/c19-12-4-6-16(15(20)9-12)24-18(25)17-7-5-14(11-23-17)22-10-13-3-1-2-8-21-13/h1-9,11,22H,10H2,(H,24,25). The van der Waals surface area contributed by atoms with E-state index in [1.54, 1.807) is 42.7 Å². The lowest BCUT2D eigenvalue weighted by atomic mass is 10.2. The molecule has 3 rings (SSSR count). The van der Waals surface area contributed by atoms with E-state index in [2.05, 4.69) is 20.6 Å². The van der Waals surface area contributed by atoms with Crippen molar-refractivity contribution < 1.29 is 4.79 Å². The normalized spacial score (nSPS) is 10.3. The van der Waals surface area contributed by atoms with E-state index in [4.69, 9.17) is 23.2 Å². The smallest absolute Gasteiger partial charge is 0.274 e. The number of pyridine rings is 2. The van der Waals surface area contributed by atoms with Crippen molar-refractivity contribution in [2.45, 2.75) is 6.54 Å². The summed E-state index contributed by atoms with van der Waals surface area (Å²) in [5.74, 6) is -0.347. The number of rotatable bonds is 5. The third-order valence-corrected chi connectivity index (χ3v) is 3.92. The maximum atomic E-state index is 12.2. The second kappa shape index (κ2) is 7.96. The molecule has 0 bridgehead atoms. The Kier molecular flexibility index (Phi) is 5.48. The summed E-state index contributed by atoms with van der Waals surface area (Å²) in [6.45, 7) is 0.578. The van der Waals surface area contributed by atoms with E-state index in [1.807, 2.05) is 18.2 Å². The molecule has 0 aliphatic rings. The number of benzene rings is 1. The van der Waals surface area contributed by atoms with Crippen molar-refractivity contribution in [3.8, 4) is 0 Å². The molecule has 0 aliphatic carbocycles. The Bertz CT molecular complexity index is 870. The van der Waals surface area contributed by atoms with Crippen LogP contribution in [0.5, 0.6) is 0 Å². The van der Waals surface area contributed by atoms with E-state index in [-0.39, 0.29) is 11.6 Å². The molecule has 3 aromatic rings. The number of carbonyl (C=O) groups is 1. The highest BCUT2D eigenvalue weighted by Crippen LogP contribution is 2.25. The first-order valence-electron chi connectivity index (χ1n) is 7.48. The summed E-state index contributed by atoms with van der Waals surface area (Å²) in [6.07, 6.45) is 3.34. The van der Waals surface area contributed by atoms with Gasteiger partial charge in [0.05, 0.1) is 34.8 Å². The molecule has 126 valence electrons. The minimum absolute atomic E-state index is 0.286. The Labute approximate surface area is 155 Å². The number of carbonyl (C=O) groups excluding carboxylic acids is 1. The van der Waals surface area contributed by atoms with E-state index < -0.39 is 0 Å². The molecule has 0 aliphatic heterocycles. The fraction of sp³-hybridized carbons (Fsp3) is 0.0556. The fourth-order valence-electron chi connectivity index (χ4n) is 2.11. The second-order valence-corrected chi connectivity index (χ2v) is 6.03. The summed E-state index contributed by atoms with van der Waals surface area (Å²) in [5, 5.41) is 6.78. The maximum Gasteiger partial charge on any atom is 0.274 e. The third kappa shape index (κ3) is 4.68. The first-order valence-corrected chi connectivity index (χ1v) is 8.23. The molecule has 2 N–H and O–H groups in total. The number of nitrogens with zero attached hydrogens (tertiary/aromatic N) is 2. The van der Waals surface area contributed by atoms with Gasteiger partial charge in [-0.3, -0.25) is 9.78 Å². The van der Waals surface area contributed by atoms with Gasteiger partial charge in [-0.25, -0.2) is 4.98 Å². The average Bonchev–Trinajstić information content (AvgIpc) is 2.63. The topological polar surface area (TPSA) is 66.9 Å². The summed E-state index contributed by atoms with van der Waals surface area (Å²) in [4.78, 5) is 20.6. The minimum Gasteiger partial charge on any atom is -0.378 e. The van der Waals surface area contributed by atoms with Crippen LogP contribution in [-0.4, -0.2) is 15.9 Å². The molecule has 2 aromatic heterocycles. The molecular weight excluding hydrogens is 359 g/mol. The van der Waals surface area contributed by atoms with Crippen LogP contribution in [0, 0.1) is 0 Å². The number of hydrogen-bond acceptors (Lipinski definition) is 4. The average molecular weight is 373 g/mol. The molecule has 1 aromatic carbocycles. The van der Waals surface area contributed by atoms with Crippen molar-refractivity contribution in [2.75, 3.05) is 10.6 Å². The molecule has 25 heavy (non-hydrogen) atoms. The maximum absolute atomic E-state index is 12.2. The Balaban J connectivity index is 1.62. The van der Waals surface area contributed by atoms with Crippen LogP contribution in [0.15, 0.2) is 60.9 Å². The van der Waals surface area contributed by atoms with Crippen LogP contribution in [0.4, 0.5) is 11.4 Å². The highest BCUT2D eigenvalue weighted by molar-refractivity contribution is 6.36. The summed E-state index contributed by atoms with van der Waals surface area (Å²) in [5.41, 5.74) is 2.48. The molecule has 0 atom stereocenters. The van der Waals surface area contributed by atoms with Crippen LogP contribution in [-0.2, 0) is 6.54 Å². The molecule has 2 heterocycles. The number of hydrogen-bond donors (Lipinski definition) is 2. The van der Waals surface area contributed by atoms with Crippen LogP contribution in [0.3, 0.4) is 0 Å². The SMILES string of the molecule is O=C(Nc1ccc(Cl)cc1Cl)c1ccc(NCc2ccccn2)cn1. The van der Waals surface area contributed by atoms with Gasteiger partial charge in [0.2, 0.25) is 0 Å². The number of anilines is 2. The Morgan fingerprint density at radius 1 is 1.04 bits per heavy atom. The summed E-state index contributed by atoms with van der Waals surface area (Å²) < 4.78 is 0. The minimum atomic E-state index is -0.347. The van der Waals surface area contributed by atoms with E-state index in [9.17, 15) is 4.79 Å².